The van der Waals surface area contributed by atoms with Gasteiger partial charge in [0.15, 0.2) is 0 Å². The molecule has 3 heterocycles. The summed E-state index contributed by atoms with van der Waals surface area (Å²) in [6.45, 7) is 2.59. The van der Waals surface area contributed by atoms with E-state index in [2.05, 4.69) is 21.4 Å². The molecule has 1 aliphatic rings. The highest BCUT2D eigenvalue weighted by molar-refractivity contribution is 7.22. The number of nitrogens with one attached hydrogen (secondary N) is 1. The number of halogens is 1. The number of ether oxygens (including phenoxy) is 1. The summed E-state index contributed by atoms with van der Waals surface area (Å²) in [6.07, 6.45) is 2.73. The number of fused-ring (bicyclic) bond motifs is 1. The Morgan fingerprint density at radius 1 is 1.26 bits per heavy atom. The fraction of sp³-hybridized carbons (Fsp3) is 0.294. The number of aromatic nitrogens is 2. The highest BCUT2D eigenvalue weighted by atomic mass is 35.5. The van der Waals surface area contributed by atoms with Crippen LogP contribution in [0, 0.1) is 5.92 Å². The highest BCUT2D eigenvalue weighted by Crippen LogP contribution is 2.36. The predicted molar refractivity (Wildman–Crippen MR) is 95.3 cm³/mol. The van der Waals surface area contributed by atoms with Gasteiger partial charge < -0.3 is 10.1 Å². The molecule has 4 nitrogen and oxygen atoms in total. The lowest BCUT2D eigenvalue weighted by atomic mass is 10.1. The quantitative estimate of drug-likeness (QED) is 0.758. The molecule has 0 spiro atoms. The molecule has 0 bridgehead atoms. The molecule has 1 saturated heterocycles. The molecule has 1 fully saturated rings. The second kappa shape index (κ2) is 6.43. The van der Waals surface area contributed by atoms with Crippen molar-refractivity contribution in [2.24, 2.45) is 5.92 Å². The van der Waals surface area contributed by atoms with Crippen LogP contribution in [0.5, 0.6) is 0 Å². The molecule has 0 aliphatic carbocycles. The van der Waals surface area contributed by atoms with Crippen molar-refractivity contribution < 1.29 is 4.74 Å². The first-order chi connectivity index (χ1) is 11.3. The van der Waals surface area contributed by atoms with Crippen LogP contribution in [-0.4, -0.2) is 29.7 Å². The number of anilines is 1. The number of nitrogens with zero attached hydrogens (tertiary/aromatic N) is 2. The third-order valence-corrected chi connectivity index (χ3v) is 5.45. The minimum absolute atomic E-state index is 0.565. The van der Waals surface area contributed by atoms with Gasteiger partial charge in [-0.1, -0.05) is 23.7 Å². The zero-order valence-corrected chi connectivity index (χ0v) is 14.0. The van der Waals surface area contributed by atoms with Crippen molar-refractivity contribution in [1.29, 1.82) is 0 Å². The van der Waals surface area contributed by atoms with E-state index in [0.717, 1.165) is 52.8 Å². The van der Waals surface area contributed by atoms with Gasteiger partial charge in [0.1, 0.15) is 12.1 Å². The smallest absolute Gasteiger partial charge is 0.147 e. The lowest BCUT2D eigenvalue weighted by Crippen LogP contribution is -2.14. The Balaban J connectivity index is 1.62. The topological polar surface area (TPSA) is 47.0 Å². The van der Waals surface area contributed by atoms with Crippen LogP contribution >= 0.6 is 22.9 Å². The Morgan fingerprint density at radius 3 is 2.91 bits per heavy atom. The average Bonchev–Trinajstić information content (AvgIpc) is 3.23. The first kappa shape index (κ1) is 14.9. The van der Waals surface area contributed by atoms with Gasteiger partial charge in [0, 0.05) is 29.0 Å². The molecule has 1 unspecified atom stereocenters. The normalized spacial score (nSPS) is 17.7. The van der Waals surface area contributed by atoms with E-state index >= 15 is 0 Å². The Labute approximate surface area is 143 Å². The number of thiophene rings is 1. The minimum Gasteiger partial charge on any atom is -0.381 e. The van der Waals surface area contributed by atoms with Crippen molar-refractivity contribution >= 4 is 39.0 Å². The molecule has 1 N–H and O–H groups in total. The molecule has 1 atom stereocenters. The van der Waals surface area contributed by atoms with Gasteiger partial charge in [-0.05, 0) is 30.2 Å². The van der Waals surface area contributed by atoms with E-state index in [1.165, 1.54) is 4.88 Å². The lowest BCUT2D eigenvalue weighted by molar-refractivity contribution is 0.187. The second-order valence-electron chi connectivity index (χ2n) is 5.66. The lowest BCUT2D eigenvalue weighted by Gasteiger charge is -2.10. The van der Waals surface area contributed by atoms with Gasteiger partial charge >= 0.3 is 0 Å². The van der Waals surface area contributed by atoms with Crippen LogP contribution in [-0.2, 0) is 4.74 Å². The number of rotatable bonds is 4. The van der Waals surface area contributed by atoms with Crippen LogP contribution in [0.15, 0.2) is 36.7 Å². The molecule has 0 radical (unpaired) electrons. The Morgan fingerprint density at radius 2 is 2.13 bits per heavy atom. The van der Waals surface area contributed by atoms with Crippen LogP contribution in [0.25, 0.3) is 20.7 Å². The van der Waals surface area contributed by atoms with E-state index in [-0.39, 0.29) is 0 Å². The van der Waals surface area contributed by atoms with E-state index in [9.17, 15) is 0 Å². The molecule has 1 aromatic carbocycles. The van der Waals surface area contributed by atoms with Crippen molar-refractivity contribution in [2.75, 3.05) is 25.1 Å². The molecule has 4 rings (SSSR count). The van der Waals surface area contributed by atoms with Gasteiger partial charge in [0.2, 0.25) is 0 Å². The van der Waals surface area contributed by atoms with Gasteiger partial charge in [0.05, 0.1) is 16.8 Å². The van der Waals surface area contributed by atoms with Crippen LogP contribution < -0.4 is 5.32 Å². The molecule has 0 saturated carbocycles. The van der Waals surface area contributed by atoms with Crippen LogP contribution in [0.1, 0.15) is 6.42 Å². The van der Waals surface area contributed by atoms with Crippen molar-refractivity contribution in [3.05, 3.63) is 41.7 Å². The maximum absolute atomic E-state index is 5.97. The van der Waals surface area contributed by atoms with Crippen LogP contribution in [0.4, 0.5) is 5.82 Å². The fourth-order valence-corrected chi connectivity index (χ4v) is 3.93. The van der Waals surface area contributed by atoms with Crippen LogP contribution in [0.2, 0.25) is 5.02 Å². The number of benzene rings is 1. The molecule has 3 aromatic rings. The minimum atomic E-state index is 0.565. The zero-order chi connectivity index (χ0) is 15.6. The Kier molecular flexibility index (Phi) is 4.16. The fourth-order valence-electron chi connectivity index (χ4n) is 2.72. The molecule has 23 heavy (non-hydrogen) atoms. The summed E-state index contributed by atoms with van der Waals surface area (Å²) in [4.78, 5) is 9.98. The van der Waals surface area contributed by atoms with Crippen molar-refractivity contribution in [3.8, 4) is 10.4 Å². The van der Waals surface area contributed by atoms with Crippen molar-refractivity contribution in [1.82, 2.24) is 9.97 Å². The van der Waals surface area contributed by atoms with E-state index < -0.39 is 0 Å². The van der Waals surface area contributed by atoms with Gasteiger partial charge in [-0.15, -0.1) is 11.3 Å². The maximum atomic E-state index is 5.97. The first-order valence-electron chi connectivity index (χ1n) is 7.62. The van der Waals surface area contributed by atoms with Gasteiger partial charge in [-0.2, -0.15) is 0 Å². The molecular formula is C17H16ClN3OS. The first-order valence-corrected chi connectivity index (χ1v) is 8.81. The molecule has 2 aromatic heterocycles. The summed E-state index contributed by atoms with van der Waals surface area (Å²) >= 11 is 7.67. The summed E-state index contributed by atoms with van der Waals surface area (Å²) in [5.41, 5.74) is 2.12. The van der Waals surface area contributed by atoms with Crippen LogP contribution in [0.3, 0.4) is 0 Å². The number of hydrogen-bond acceptors (Lipinski definition) is 5. The Bertz CT molecular complexity index is 812. The molecule has 1 aliphatic heterocycles. The molecule has 0 amide bonds. The van der Waals surface area contributed by atoms with Crippen molar-refractivity contribution in [2.45, 2.75) is 6.42 Å². The molecule has 118 valence electrons. The standard InChI is InChI=1S/C17H16ClN3OS/c18-13-3-1-12(2-4-13)15-7-14-16(23-15)17(21-10-20-14)19-8-11-5-6-22-9-11/h1-4,7,10-11H,5-6,8-9H2,(H,19,20,21). The van der Waals surface area contributed by atoms with Gasteiger partial charge in [-0.3, -0.25) is 0 Å². The SMILES string of the molecule is Clc1ccc(-c2cc3ncnc(NCC4CCOC4)c3s2)cc1. The van der Waals surface area contributed by atoms with E-state index in [0.29, 0.717) is 5.92 Å². The summed E-state index contributed by atoms with van der Waals surface area (Å²) in [7, 11) is 0. The summed E-state index contributed by atoms with van der Waals surface area (Å²) < 4.78 is 6.52. The molecular weight excluding hydrogens is 330 g/mol. The van der Waals surface area contributed by atoms with E-state index in [1.54, 1.807) is 17.7 Å². The van der Waals surface area contributed by atoms with Gasteiger partial charge in [-0.25, -0.2) is 9.97 Å². The second-order valence-corrected chi connectivity index (χ2v) is 7.15. The largest absolute Gasteiger partial charge is 0.381 e. The van der Waals surface area contributed by atoms with E-state index in [4.69, 9.17) is 16.3 Å². The zero-order valence-electron chi connectivity index (χ0n) is 12.5. The van der Waals surface area contributed by atoms with Gasteiger partial charge in [0.25, 0.3) is 0 Å². The average molecular weight is 346 g/mol. The summed E-state index contributed by atoms with van der Waals surface area (Å²) in [5.74, 6) is 1.47. The number of hydrogen-bond donors (Lipinski definition) is 1. The maximum Gasteiger partial charge on any atom is 0.147 e. The van der Waals surface area contributed by atoms with E-state index in [1.807, 2.05) is 24.3 Å². The van der Waals surface area contributed by atoms with Crippen molar-refractivity contribution in [3.63, 3.8) is 0 Å². The summed E-state index contributed by atoms with van der Waals surface area (Å²) in [5, 5.41) is 4.21. The predicted octanol–water partition coefficient (Wildman–Crippen LogP) is 4.46. The molecule has 6 heteroatoms. The summed E-state index contributed by atoms with van der Waals surface area (Å²) in [6, 6.07) is 9.99. The highest BCUT2D eigenvalue weighted by Gasteiger charge is 2.16. The third-order valence-electron chi connectivity index (χ3n) is 4.02. The third kappa shape index (κ3) is 3.17. The Hall–Kier alpha value is -1.69. The monoisotopic (exact) mass is 345 g/mol.